The van der Waals surface area contributed by atoms with Crippen LogP contribution in [0.4, 0.5) is 5.82 Å². The second-order valence-corrected chi connectivity index (χ2v) is 3.96. The van der Waals surface area contributed by atoms with Crippen molar-refractivity contribution in [1.82, 2.24) is 9.97 Å². The molecule has 1 N–H and O–H groups in total. The quantitative estimate of drug-likeness (QED) is 0.825. The molecule has 84 valence electrons. The number of hydrogen-bond donors (Lipinski definition) is 1. The Kier molecular flexibility index (Phi) is 3.32. The SMILES string of the molecule is CC(Nc1cnc(C#N)cn1)C1CCOC1. The maximum atomic E-state index is 8.59. The van der Waals surface area contributed by atoms with Crippen LogP contribution in [0.3, 0.4) is 0 Å². The van der Waals surface area contributed by atoms with E-state index in [1.54, 1.807) is 6.20 Å². The number of aromatic nitrogens is 2. The van der Waals surface area contributed by atoms with Gasteiger partial charge in [-0.05, 0) is 13.3 Å². The molecule has 1 fully saturated rings. The minimum Gasteiger partial charge on any atom is -0.381 e. The number of anilines is 1. The third-order valence-electron chi connectivity index (χ3n) is 2.81. The summed E-state index contributed by atoms with van der Waals surface area (Å²) in [6.45, 7) is 3.76. The van der Waals surface area contributed by atoms with Gasteiger partial charge >= 0.3 is 0 Å². The van der Waals surface area contributed by atoms with Crippen LogP contribution >= 0.6 is 0 Å². The van der Waals surface area contributed by atoms with Crippen LogP contribution in [0.1, 0.15) is 19.0 Å². The zero-order valence-electron chi connectivity index (χ0n) is 9.18. The lowest BCUT2D eigenvalue weighted by Crippen LogP contribution is -2.26. The van der Waals surface area contributed by atoms with Crippen LogP contribution in [0, 0.1) is 17.2 Å². The molecule has 1 aliphatic rings. The highest BCUT2D eigenvalue weighted by Gasteiger charge is 2.22. The Morgan fingerprint density at radius 1 is 1.56 bits per heavy atom. The van der Waals surface area contributed by atoms with E-state index in [9.17, 15) is 0 Å². The van der Waals surface area contributed by atoms with E-state index in [4.69, 9.17) is 10.00 Å². The van der Waals surface area contributed by atoms with Gasteiger partial charge in [0.1, 0.15) is 11.9 Å². The fourth-order valence-electron chi connectivity index (χ4n) is 1.76. The summed E-state index contributed by atoms with van der Waals surface area (Å²) in [5.41, 5.74) is 0.336. The molecule has 1 aromatic rings. The van der Waals surface area contributed by atoms with Crippen LogP contribution in [-0.4, -0.2) is 29.2 Å². The summed E-state index contributed by atoms with van der Waals surface area (Å²) < 4.78 is 5.33. The molecule has 1 aliphatic heterocycles. The zero-order chi connectivity index (χ0) is 11.4. The lowest BCUT2D eigenvalue weighted by atomic mass is 10.0. The zero-order valence-corrected chi connectivity index (χ0v) is 9.18. The second-order valence-electron chi connectivity index (χ2n) is 3.96. The Bertz CT molecular complexity index is 378. The first-order chi connectivity index (χ1) is 7.79. The van der Waals surface area contributed by atoms with Crippen molar-refractivity contribution < 1.29 is 4.74 Å². The Balaban J connectivity index is 1.95. The minimum atomic E-state index is 0.310. The number of nitrogens with zero attached hydrogens (tertiary/aromatic N) is 3. The van der Waals surface area contributed by atoms with Crippen molar-refractivity contribution in [3.8, 4) is 6.07 Å². The van der Waals surface area contributed by atoms with Gasteiger partial charge in [0.2, 0.25) is 0 Å². The Morgan fingerprint density at radius 2 is 2.44 bits per heavy atom. The third-order valence-corrected chi connectivity index (χ3v) is 2.81. The maximum Gasteiger partial charge on any atom is 0.158 e. The van der Waals surface area contributed by atoms with Gasteiger partial charge in [-0.25, -0.2) is 9.97 Å². The van der Waals surface area contributed by atoms with Gasteiger partial charge in [0.25, 0.3) is 0 Å². The van der Waals surface area contributed by atoms with Crippen molar-refractivity contribution in [2.24, 2.45) is 5.92 Å². The first-order valence-corrected chi connectivity index (χ1v) is 5.36. The number of ether oxygens (including phenoxy) is 1. The van der Waals surface area contributed by atoms with Crippen molar-refractivity contribution in [1.29, 1.82) is 5.26 Å². The lowest BCUT2D eigenvalue weighted by molar-refractivity contribution is 0.183. The molecule has 1 saturated heterocycles. The molecule has 0 spiro atoms. The van der Waals surface area contributed by atoms with E-state index < -0.39 is 0 Å². The van der Waals surface area contributed by atoms with Crippen molar-refractivity contribution in [3.63, 3.8) is 0 Å². The fraction of sp³-hybridized carbons (Fsp3) is 0.545. The molecular formula is C11H14N4O. The van der Waals surface area contributed by atoms with Gasteiger partial charge in [0.05, 0.1) is 19.0 Å². The summed E-state index contributed by atoms with van der Waals surface area (Å²) in [7, 11) is 0. The van der Waals surface area contributed by atoms with Crippen LogP contribution < -0.4 is 5.32 Å². The molecule has 2 rings (SSSR count). The number of rotatable bonds is 3. The largest absolute Gasteiger partial charge is 0.381 e. The Hall–Kier alpha value is -1.67. The van der Waals surface area contributed by atoms with Gasteiger partial charge in [0, 0.05) is 18.6 Å². The summed E-state index contributed by atoms with van der Waals surface area (Å²) in [4.78, 5) is 8.08. The Morgan fingerprint density at radius 3 is 3.00 bits per heavy atom. The summed E-state index contributed by atoms with van der Waals surface area (Å²) in [6, 6.07) is 2.25. The second kappa shape index (κ2) is 4.90. The third kappa shape index (κ3) is 2.47. The van der Waals surface area contributed by atoms with E-state index in [0.29, 0.717) is 23.5 Å². The molecule has 0 amide bonds. The highest BCUT2D eigenvalue weighted by molar-refractivity contribution is 5.34. The summed E-state index contributed by atoms with van der Waals surface area (Å²) >= 11 is 0. The number of nitrogens with one attached hydrogen (secondary N) is 1. The van der Waals surface area contributed by atoms with Gasteiger partial charge in [-0.2, -0.15) is 5.26 Å². The molecule has 5 heteroatoms. The molecular weight excluding hydrogens is 204 g/mol. The molecule has 2 heterocycles. The van der Waals surface area contributed by atoms with Crippen molar-refractivity contribution >= 4 is 5.82 Å². The molecule has 2 unspecified atom stereocenters. The van der Waals surface area contributed by atoms with Crippen molar-refractivity contribution in [2.75, 3.05) is 18.5 Å². The molecule has 1 aromatic heterocycles. The molecule has 0 radical (unpaired) electrons. The molecule has 2 atom stereocenters. The van der Waals surface area contributed by atoms with E-state index in [1.807, 2.05) is 6.07 Å². The van der Waals surface area contributed by atoms with Crippen molar-refractivity contribution in [2.45, 2.75) is 19.4 Å². The molecule has 0 saturated carbocycles. The van der Waals surface area contributed by atoms with Crippen LogP contribution in [0.2, 0.25) is 0 Å². The van der Waals surface area contributed by atoms with E-state index in [-0.39, 0.29) is 0 Å². The monoisotopic (exact) mass is 218 g/mol. The first kappa shape index (κ1) is 10.8. The van der Waals surface area contributed by atoms with E-state index in [1.165, 1.54) is 6.20 Å². The molecule has 0 aromatic carbocycles. The van der Waals surface area contributed by atoms with Crippen LogP contribution in [0.25, 0.3) is 0 Å². The van der Waals surface area contributed by atoms with Crippen LogP contribution in [0.5, 0.6) is 0 Å². The average molecular weight is 218 g/mol. The highest BCUT2D eigenvalue weighted by atomic mass is 16.5. The van der Waals surface area contributed by atoms with E-state index in [0.717, 1.165) is 19.6 Å². The van der Waals surface area contributed by atoms with Crippen molar-refractivity contribution in [3.05, 3.63) is 18.1 Å². The van der Waals surface area contributed by atoms with Gasteiger partial charge in [-0.3, -0.25) is 0 Å². The van der Waals surface area contributed by atoms with Gasteiger partial charge in [-0.1, -0.05) is 0 Å². The standard InChI is InChI=1S/C11H14N4O/c1-8(9-2-3-16-7-9)15-11-6-13-10(4-12)5-14-11/h5-6,8-9H,2-3,7H2,1H3,(H,14,15). The normalized spacial score (nSPS) is 21.4. The predicted molar refractivity (Wildman–Crippen MR) is 58.8 cm³/mol. The van der Waals surface area contributed by atoms with Gasteiger partial charge < -0.3 is 10.1 Å². The number of nitriles is 1. The van der Waals surface area contributed by atoms with Gasteiger partial charge in [-0.15, -0.1) is 0 Å². The minimum absolute atomic E-state index is 0.310. The maximum absolute atomic E-state index is 8.59. The summed E-state index contributed by atoms with van der Waals surface area (Å²) in [5.74, 6) is 1.23. The smallest absolute Gasteiger partial charge is 0.158 e. The summed E-state index contributed by atoms with van der Waals surface area (Å²) in [6.07, 6.45) is 4.14. The topological polar surface area (TPSA) is 70.8 Å². The average Bonchev–Trinajstić information content (AvgIpc) is 2.83. The van der Waals surface area contributed by atoms with Crippen LogP contribution in [0.15, 0.2) is 12.4 Å². The predicted octanol–water partition coefficient (Wildman–Crippen LogP) is 1.19. The number of hydrogen-bond acceptors (Lipinski definition) is 5. The van der Waals surface area contributed by atoms with E-state index in [2.05, 4.69) is 22.2 Å². The fourth-order valence-corrected chi connectivity index (χ4v) is 1.76. The molecule has 5 nitrogen and oxygen atoms in total. The van der Waals surface area contributed by atoms with Crippen LogP contribution in [-0.2, 0) is 4.74 Å². The van der Waals surface area contributed by atoms with E-state index >= 15 is 0 Å². The highest BCUT2D eigenvalue weighted by Crippen LogP contribution is 2.18. The molecule has 0 aliphatic carbocycles. The lowest BCUT2D eigenvalue weighted by Gasteiger charge is -2.19. The molecule has 0 bridgehead atoms. The Labute approximate surface area is 94.5 Å². The summed E-state index contributed by atoms with van der Waals surface area (Å²) in [5, 5.41) is 11.9. The first-order valence-electron chi connectivity index (χ1n) is 5.36. The molecule has 16 heavy (non-hydrogen) atoms. The van der Waals surface area contributed by atoms with Gasteiger partial charge in [0.15, 0.2) is 5.69 Å².